The van der Waals surface area contributed by atoms with Crippen molar-refractivity contribution in [2.45, 2.75) is 32.2 Å². The zero-order valence-corrected chi connectivity index (χ0v) is 12.4. The molecule has 1 amide bonds. The smallest absolute Gasteiger partial charge is 0.270 e. The molecule has 0 bridgehead atoms. The number of carbonyl (C=O) groups excluding carboxylic acids is 1. The first-order valence-corrected chi connectivity index (χ1v) is 7.09. The van der Waals surface area contributed by atoms with Crippen LogP contribution in [0.5, 0.6) is 0 Å². The topological polar surface area (TPSA) is 66.9 Å². The zero-order valence-electron chi connectivity index (χ0n) is 12.4. The van der Waals surface area contributed by atoms with E-state index in [1.165, 1.54) is 4.68 Å². The van der Waals surface area contributed by atoms with Crippen molar-refractivity contribution >= 4 is 11.7 Å². The van der Waals surface area contributed by atoms with Crippen LogP contribution < -0.4 is 10.9 Å². The fourth-order valence-electron chi connectivity index (χ4n) is 2.85. The maximum Gasteiger partial charge on any atom is 0.270 e. The van der Waals surface area contributed by atoms with Crippen LogP contribution in [0.2, 0.25) is 0 Å². The first-order valence-electron chi connectivity index (χ1n) is 7.09. The summed E-state index contributed by atoms with van der Waals surface area (Å²) in [7, 11) is 0. The SMILES string of the molecule is CC(C)n1[nH]c(=O)c2c1NC(=O)C[C@H]2c1ccc(F)c(F)c1F. The van der Waals surface area contributed by atoms with Crippen molar-refractivity contribution in [3.8, 4) is 0 Å². The number of anilines is 1. The Hall–Kier alpha value is -2.51. The number of benzene rings is 1. The Balaban J connectivity index is 2.23. The Kier molecular flexibility index (Phi) is 3.54. The van der Waals surface area contributed by atoms with Crippen LogP contribution in [0, 0.1) is 17.5 Å². The fourth-order valence-corrected chi connectivity index (χ4v) is 2.85. The van der Waals surface area contributed by atoms with Gasteiger partial charge in [-0.2, -0.15) is 0 Å². The number of hydrogen-bond donors (Lipinski definition) is 2. The number of aromatic amines is 1. The minimum absolute atomic E-state index is 0.142. The van der Waals surface area contributed by atoms with E-state index in [4.69, 9.17) is 0 Å². The Morgan fingerprint density at radius 3 is 2.52 bits per heavy atom. The van der Waals surface area contributed by atoms with Crippen LogP contribution >= 0.6 is 0 Å². The Bertz CT molecular complexity index is 854. The van der Waals surface area contributed by atoms with Crippen molar-refractivity contribution in [1.82, 2.24) is 9.78 Å². The van der Waals surface area contributed by atoms with Crippen LogP contribution in [-0.4, -0.2) is 15.7 Å². The molecular weight excluding hydrogens is 311 g/mol. The van der Waals surface area contributed by atoms with Crippen LogP contribution in [0.4, 0.5) is 19.0 Å². The van der Waals surface area contributed by atoms with Gasteiger partial charge in [-0.3, -0.25) is 19.4 Å². The van der Waals surface area contributed by atoms with E-state index in [-0.39, 0.29) is 29.4 Å². The monoisotopic (exact) mass is 325 g/mol. The summed E-state index contributed by atoms with van der Waals surface area (Å²) in [6.07, 6.45) is -0.222. The Morgan fingerprint density at radius 2 is 1.87 bits per heavy atom. The van der Waals surface area contributed by atoms with Gasteiger partial charge in [-0.05, 0) is 25.5 Å². The third-order valence-electron chi connectivity index (χ3n) is 3.92. The van der Waals surface area contributed by atoms with Crippen LogP contribution in [0.1, 0.15) is 43.4 Å². The molecule has 0 unspecified atom stereocenters. The lowest BCUT2D eigenvalue weighted by atomic mass is 9.86. The molecule has 23 heavy (non-hydrogen) atoms. The number of H-pyrrole nitrogens is 1. The maximum atomic E-state index is 14.1. The van der Waals surface area contributed by atoms with E-state index in [0.717, 1.165) is 12.1 Å². The van der Waals surface area contributed by atoms with Gasteiger partial charge in [0.05, 0.1) is 5.56 Å². The summed E-state index contributed by atoms with van der Waals surface area (Å²) in [5.41, 5.74) is -0.571. The van der Waals surface area contributed by atoms with Gasteiger partial charge in [0.25, 0.3) is 5.56 Å². The molecule has 1 aliphatic rings. The lowest BCUT2D eigenvalue weighted by molar-refractivity contribution is -0.116. The standard InChI is InChI=1S/C15H14F3N3O2/c1-6(2)21-14-11(15(23)20-21)8(5-10(22)19-14)7-3-4-9(16)13(18)12(7)17/h3-4,6,8H,5H2,1-2H3,(H,19,22)(H,20,23)/t8-/m0/s1. The average Bonchev–Trinajstić information content (AvgIpc) is 2.81. The number of hydrogen-bond acceptors (Lipinski definition) is 2. The molecule has 2 N–H and O–H groups in total. The molecule has 0 saturated carbocycles. The minimum atomic E-state index is -1.62. The largest absolute Gasteiger partial charge is 0.311 e. The van der Waals surface area contributed by atoms with Gasteiger partial charge in [0.1, 0.15) is 5.82 Å². The van der Waals surface area contributed by atoms with Crippen LogP contribution in [0.15, 0.2) is 16.9 Å². The number of aromatic nitrogens is 2. The van der Waals surface area contributed by atoms with Crippen molar-refractivity contribution < 1.29 is 18.0 Å². The first-order chi connectivity index (χ1) is 10.8. The van der Waals surface area contributed by atoms with Gasteiger partial charge in [0.15, 0.2) is 17.5 Å². The average molecular weight is 325 g/mol. The number of halogens is 3. The Morgan fingerprint density at radius 1 is 1.17 bits per heavy atom. The number of fused-ring (bicyclic) bond motifs is 1. The summed E-state index contributed by atoms with van der Waals surface area (Å²) in [5.74, 6) is -5.49. The summed E-state index contributed by atoms with van der Waals surface area (Å²) >= 11 is 0. The molecule has 1 aromatic heterocycles. The molecule has 2 aromatic rings. The van der Waals surface area contributed by atoms with E-state index < -0.39 is 34.8 Å². The molecule has 1 atom stereocenters. The normalized spacial score (nSPS) is 17.3. The lowest BCUT2D eigenvalue weighted by Crippen LogP contribution is -2.28. The van der Waals surface area contributed by atoms with E-state index in [1.54, 1.807) is 13.8 Å². The fraction of sp³-hybridized carbons (Fsp3) is 0.333. The predicted molar refractivity (Wildman–Crippen MR) is 76.8 cm³/mol. The molecule has 8 heteroatoms. The molecule has 1 aromatic carbocycles. The number of nitrogens with one attached hydrogen (secondary N) is 2. The molecule has 0 radical (unpaired) electrons. The highest BCUT2D eigenvalue weighted by Crippen LogP contribution is 2.37. The summed E-state index contributed by atoms with van der Waals surface area (Å²) in [6, 6.07) is 1.70. The number of rotatable bonds is 2. The van der Waals surface area contributed by atoms with Gasteiger partial charge in [0.2, 0.25) is 5.91 Å². The van der Waals surface area contributed by atoms with Crippen LogP contribution in [0.3, 0.4) is 0 Å². The van der Waals surface area contributed by atoms with Gasteiger partial charge < -0.3 is 5.32 Å². The minimum Gasteiger partial charge on any atom is -0.311 e. The summed E-state index contributed by atoms with van der Waals surface area (Å²) < 4.78 is 42.2. The molecule has 1 aliphatic heterocycles. The molecule has 0 saturated heterocycles. The van der Waals surface area contributed by atoms with Crippen molar-refractivity contribution in [2.24, 2.45) is 0 Å². The third-order valence-corrected chi connectivity index (χ3v) is 3.92. The van der Waals surface area contributed by atoms with Crippen molar-refractivity contribution in [1.29, 1.82) is 0 Å². The van der Waals surface area contributed by atoms with Gasteiger partial charge >= 0.3 is 0 Å². The molecule has 2 heterocycles. The molecular formula is C15H14F3N3O2. The second-order valence-corrected chi connectivity index (χ2v) is 5.74. The van der Waals surface area contributed by atoms with E-state index in [9.17, 15) is 22.8 Å². The van der Waals surface area contributed by atoms with Gasteiger partial charge in [-0.1, -0.05) is 6.07 Å². The lowest BCUT2D eigenvalue weighted by Gasteiger charge is -2.24. The molecule has 3 rings (SSSR count). The van der Waals surface area contributed by atoms with Crippen LogP contribution in [-0.2, 0) is 4.79 Å². The predicted octanol–water partition coefficient (Wildman–Crippen LogP) is 2.65. The Labute approximate surface area is 129 Å². The third kappa shape index (κ3) is 2.34. The summed E-state index contributed by atoms with van der Waals surface area (Å²) in [5, 5.41) is 5.15. The van der Waals surface area contributed by atoms with Crippen LogP contribution in [0.25, 0.3) is 0 Å². The van der Waals surface area contributed by atoms with E-state index in [0.29, 0.717) is 0 Å². The number of nitrogens with zero attached hydrogens (tertiary/aromatic N) is 1. The maximum absolute atomic E-state index is 14.1. The highest BCUT2D eigenvalue weighted by Gasteiger charge is 2.35. The summed E-state index contributed by atoms with van der Waals surface area (Å²) in [6.45, 7) is 3.59. The quantitative estimate of drug-likeness (QED) is 0.834. The van der Waals surface area contributed by atoms with Gasteiger partial charge in [-0.25, -0.2) is 13.2 Å². The molecule has 0 fully saturated rings. The zero-order chi connectivity index (χ0) is 16.9. The van der Waals surface area contributed by atoms with Gasteiger partial charge in [0, 0.05) is 18.4 Å². The van der Waals surface area contributed by atoms with Crippen molar-refractivity contribution in [3.05, 3.63) is 51.1 Å². The van der Waals surface area contributed by atoms with E-state index in [2.05, 4.69) is 10.4 Å². The molecule has 0 spiro atoms. The van der Waals surface area contributed by atoms with Crippen molar-refractivity contribution in [3.63, 3.8) is 0 Å². The first kappa shape index (κ1) is 15.4. The van der Waals surface area contributed by atoms with Gasteiger partial charge in [-0.15, -0.1) is 0 Å². The van der Waals surface area contributed by atoms with E-state index in [1.807, 2.05) is 0 Å². The molecule has 5 nitrogen and oxygen atoms in total. The molecule has 122 valence electrons. The molecule has 0 aliphatic carbocycles. The van der Waals surface area contributed by atoms with Crippen molar-refractivity contribution in [2.75, 3.05) is 5.32 Å². The summed E-state index contributed by atoms with van der Waals surface area (Å²) in [4.78, 5) is 24.2. The number of amides is 1. The number of carbonyl (C=O) groups is 1. The second-order valence-electron chi connectivity index (χ2n) is 5.74. The second kappa shape index (κ2) is 5.29. The highest BCUT2D eigenvalue weighted by atomic mass is 19.2. The highest BCUT2D eigenvalue weighted by molar-refractivity contribution is 5.94. The van der Waals surface area contributed by atoms with E-state index >= 15 is 0 Å².